The Morgan fingerprint density at radius 2 is 1.74 bits per heavy atom. The van der Waals surface area contributed by atoms with Crippen molar-refractivity contribution in [3.05, 3.63) is 71.9 Å². The van der Waals surface area contributed by atoms with E-state index >= 15 is 0 Å². The molecule has 0 saturated carbocycles. The Labute approximate surface area is 158 Å². The zero-order chi connectivity index (χ0) is 18.9. The summed E-state index contributed by atoms with van der Waals surface area (Å²) in [5.41, 5.74) is 3.35. The first kappa shape index (κ1) is 18.3. The van der Waals surface area contributed by atoms with Crippen LogP contribution in [0.15, 0.2) is 60.8 Å². The van der Waals surface area contributed by atoms with Crippen LogP contribution in [0.1, 0.15) is 11.1 Å². The van der Waals surface area contributed by atoms with E-state index in [0.717, 1.165) is 23.0 Å². The predicted octanol–water partition coefficient (Wildman–Crippen LogP) is 3.23. The summed E-state index contributed by atoms with van der Waals surface area (Å²) in [6, 6.07) is 18.6. The van der Waals surface area contributed by atoms with E-state index in [2.05, 4.69) is 63.4 Å². The van der Waals surface area contributed by atoms with Gasteiger partial charge in [0, 0.05) is 29.6 Å². The summed E-state index contributed by atoms with van der Waals surface area (Å²) in [6.07, 6.45) is 2.07. The number of fused-ring (bicyclic) bond motifs is 1. The Bertz CT molecular complexity index is 1040. The highest BCUT2D eigenvalue weighted by Gasteiger charge is 2.06. The van der Waals surface area contributed by atoms with Crippen LogP contribution in [-0.4, -0.2) is 30.9 Å². The minimum atomic E-state index is -0.573. The highest BCUT2D eigenvalue weighted by atomic mass is 16.5. The number of aromatic nitrogens is 1. The SMILES string of the molecule is COC(=O)C#CCOCC#Cc1cn(Cc2ccccc2)c2ccccc12. The van der Waals surface area contributed by atoms with Gasteiger partial charge in [-0.3, -0.25) is 0 Å². The van der Waals surface area contributed by atoms with E-state index in [0.29, 0.717) is 0 Å². The molecular weight excluding hydrogens is 338 g/mol. The van der Waals surface area contributed by atoms with E-state index in [1.807, 2.05) is 30.3 Å². The molecule has 0 atom stereocenters. The van der Waals surface area contributed by atoms with Crippen LogP contribution < -0.4 is 0 Å². The second kappa shape index (κ2) is 9.29. The summed E-state index contributed by atoms with van der Waals surface area (Å²) in [5, 5.41) is 1.12. The Morgan fingerprint density at radius 1 is 1.00 bits per heavy atom. The molecule has 4 nitrogen and oxygen atoms in total. The molecular formula is C23H19NO3. The van der Waals surface area contributed by atoms with E-state index in [1.165, 1.54) is 12.7 Å². The Hall–Kier alpha value is -3.47. The van der Waals surface area contributed by atoms with Crippen LogP contribution in [0.2, 0.25) is 0 Å². The van der Waals surface area contributed by atoms with Gasteiger partial charge in [0.25, 0.3) is 0 Å². The molecule has 0 spiro atoms. The van der Waals surface area contributed by atoms with E-state index < -0.39 is 5.97 Å². The quantitative estimate of drug-likeness (QED) is 0.312. The van der Waals surface area contributed by atoms with E-state index in [4.69, 9.17) is 4.74 Å². The Kier molecular flexibility index (Phi) is 6.30. The number of hydrogen-bond acceptors (Lipinski definition) is 3. The van der Waals surface area contributed by atoms with Crippen molar-refractivity contribution >= 4 is 16.9 Å². The molecule has 0 fully saturated rings. The van der Waals surface area contributed by atoms with E-state index in [1.54, 1.807) is 0 Å². The lowest BCUT2D eigenvalue weighted by Gasteiger charge is -2.04. The number of rotatable bonds is 4. The number of para-hydroxylation sites is 1. The van der Waals surface area contributed by atoms with Crippen molar-refractivity contribution in [1.29, 1.82) is 0 Å². The highest BCUT2D eigenvalue weighted by molar-refractivity contribution is 5.88. The molecule has 0 aliphatic heterocycles. The minimum absolute atomic E-state index is 0.138. The van der Waals surface area contributed by atoms with Gasteiger partial charge < -0.3 is 14.0 Å². The average molecular weight is 357 g/mol. The fraction of sp³-hybridized carbons (Fsp3) is 0.174. The maximum Gasteiger partial charge on any atom is 0.384 e. The molecule has 2 aromatic carbocycles. The summed E-state index contributed by atoms with van der Waals surface area (Å²) >= 11 is 0. The molecule has 134 valence electrons. The van der Waals surface area contributed by atoms with Crippen LogP contribution in [-0.2, 0) is 20.8 Å². The first-order chi connectivity index (χ1) is 13.3. The third kappa shape index (κ3) is 5.01. The number of hydrogen-bond donors (Lipinski definition) is 0. The lowest BCUT2D eigenvalue weighted by Crippen LogP contribution is -1.97. The van der Waals surface area contributed by atoms with Crippen LogP contribution >= 0.6 is 0 Å². The molecule has 0 bridgehead atoms. The van der Waals surface area contributed by atoms with Crippen LogP contribution in [0.25, 0.3) is 10.9 Å². The minimum Gasteiger partial charge on any atom is -0.459 e. The lowest BCUT2D eigenvalue weighted by molar-refractivity contribution is -0.133. The number of methoxy groups -OCH3 is 1. The van der Waals surface area contributed by atoms with Gasteiger partial charge in [-0.05, 0) is 11.6 Å². The standard InChI is InChI=1S/C23H19NO3/c1-26-23(25)14-8-16-27-15-7-11-20-18-24(17-19-9-3-2-4-10-19)22-13-6-5-12-21(20)22/h2-6,9-10,12-13,18H,15-17H2,1H3. The number of carbonyl (C=O) groups excluding carboxylic acids is 1. The number of carbonyl (C=O) groups is 1. The molecule has 27 heavy (non-hydrogen) atoms. The van der Waals surface area contributed by atoms with Crippen molar-refractivity contribution in [2.45, 2.75) is 6.54 Å². The van der Waals surface area contributed by atoms with Crippen molar-refractivity contribution in [3.63, 3.8) is 0 Å². The second-order valence-corrected chi connectivity index (χ2v) is 5.76. The van der Waals surface area contributed by atoms with Gasteiger partial charge in [0.2, 0.25) is 0 Å². The van der Waals surface area contributed by atoms with Gasteiger partial charge in [-0.25, -0.2) is 4.79 Å². The fourth-order valence-corrected chi connectivity index (χ4v) is 2.70. The van der Waals surface area contributed by atoms with Crippen LogP contribution in [0.4, 0.5) is 0 Å². The van der Waals surface area contributed by atoms with Crippen LogP contribution in [0, 0.1) is 23.7 Å². The maximum absolute atomic E-state index is 10.9. The molecule has 0 aliphatic rings. The third-order valence-electron chi connectivity index (χ3n) is 3.93. The van der Waals surface area contributed by atoms with Gasteiger partial charge in [-0.1, -0.05) is 66.3 Å². The van der Waals surface area contributed by atoms with Gasteiger partial charge >= 0.3 is 5.97 Å². The zero-order valence-electron chi connectivity index (χ0n) is 15.1. The monoisotopic (exact) mass is 357 g/mol. The van der Waals surface area contributed by atoms with Gasteiger partial charge in [-0.2, -0.15) is 0 Å². The molecule has 4 heteroatoms. The van der Waals surface area contributed by atoms with Crippen molar-refractivity contribution in [1.82, 2.24) is 4.57 Å². The van der Waals surface area contributed by atoms with Crippen LogP contribution in [0.5, 0.6) is 0 Å². The first-order valence-corrected chi connectivity index (χ1v) is 8.53. The number of esters is 1. The third-order valence-corrected chi connectivity index (χ3v) is 3.93. The van der Waals surface area contributed by atoms with Gasteiger partial charge in [0.1, 0.15) is 13.2 Å². The summed E-state index contributed by atoms with van der Waals surface area (Å²) < 4.78 is 11.9. The van der Waals surface area contributed by atoms with Gasteiger partial charge in [-0.15, -0.1) is 0 Å². The van der Waals surface area contributed by atoms with Crippen molar-refractivity contribution < 1.29 is 14.3 Å². The maximum atomic E-state index is 10.9. The fourth-order valence-electron chi connectivity index (χ4n) is 2.70. The summed E-state index contributed by atoms with van der Waals surface area (Å²) in [5.74, 6) is 10.5. The molecule has 0 aliphatic carbocycles. The predicted molar refractivity (Wildman–Crippen MR) is 105 cm³/mol. The first-order valence-electron chi connectivity index (χ1n) is 8.53. The number of ether oxygens (including phenoxy) is 2. The summed E-state index contributed by atoms with van der Waals surface area (Å²) in [7, 11) is 1.29. The lowest BCUT2D eigenvalue weighted by atomic mass is 10.2. The highest BCUT2D eigenvalue weighted by Crippen LogP contribution is 2.21. The Balaban J connectivity index is 1.70. The van der Waals surface area contributed by atoms with Gasteiger partial charge in [0.05, 0.1) is 12.7 Å². The molecule has 0 amide bonds. The average Bonchev–Trinajstić information content (AvgIpc) is 3.05. The molecule has 1 aromatic heterocycles. The van der Waals surface area contributed by atoms with Crippen molar-refractivity contribution in [2.24, 2.45) is 0 Å². The number of benzene rings is 2. The summed E-state index contributed by atoms with van der Waals surface area (Å²) in [6.45, 7) is 1.18. The normalized spacial score (nSPS) is 9.81. The van der Waals surface area contributed by atoms with Crippen molar-refractivity contribution in [2.75, 3.05) is 20.3 Å². The summed E-state index contributed by atoms with van der Waals surface area (Å²) in [4.78, 5) is 10.9. The topological polar surface area (TPSA) is 40.5 Å². The molecule has 0 unspecified atom stereocenters. The molecule has 0 radical (unpaired) electrons. The zero-order valence-corrected chi connectivity index (χ0v) is 15.1. The van der Waals surface area contributed by atoms with Crippen molar-refractivity contribution in [3.8, 4) is 23.7 Å². The molecule has 3 aromatic rings. The Morgan fingerprint density at radius 3 is 2.56 bits per heavy atom. The van der Waals surface area contributed by atoms with E-state index in [-0.39, 0.29) is 13.2 Å². The number of nitrogens with zero attached hydrogens (tertiary/aromatic N) is 1. The van der Waals surface area contributed by atoms with E-state index in [9.17, 15) is 4.79 Å². The molecule has 0 saturated heterocycles. The molecule has 3 rings (SSSR count). The largest absolute Gasteiger partial charge is 0.459 e. The molecule has 0 N–H and O–H groups in total. The van der Waals surface area contributed by atoms with Crippen LogP contribution in [0.3, 0.4) is 0 Å². The molecule has 1 heterocycles. The smallest absolute Gasteiger partial charge is 0.384 e. The second-order valence-electron chi connectivity index (χ2n) is 5.76. The van der Waals surface area contributed by atoms with Gasteiger partial charge in [0.15, 0.2) is 0 Å².